The highest BCUT2D eigenvalue weighted by atomic mass is 32.2. The molecule has 0 fully saturated rings. The lowest BCUT2D eigenvalue weighted by Crippen LogP contribution is -2.13. The van der Waals surface area contributed by atoms with Crippen LogP contribution in [0.15, 0.2) is 41.3 Å². The topological polar surface area (TPSA) is 75.3 Å². The van der Waals surface area contributed by atoms with Crippen LogP contribution in [0.5, 0.6) is 0 Å². The Bertz CT molecular complexity index is 853. The smallest absolute Gasteiger partial charge is 0.261 e. The second kappa shape index (κ2) is 5.14. The highest BCUT2D eigenvalue weighted by molar-refractivity contribution is 7.92. The van der Waals surface area contributed by atoms with Crippen LogP contribution < -0.4 is 10.0 Å². The van der Waals surface area contributed by atoms with Crippen LogP contribution in [0.3, 0.4) is 0 Å². The molecule has 0 aliphatic carbocycles. The van der Waals surface area contributed by atoms with Crippen LogP contribution in [0.1, 0.15) is 16.7 Å². The summed E-state index contributed by atoms with van der Waals surface area (Å²) in [5.41, 5.74) is 3.89. The van der Waals surface area contributed by atoms with Crippen LogP contribution in [-0.2, 0) is 21.2 Å². The Hall–Kier alpha value is -2.34. The number of aryl methyl sites for hydroxylation is 2. The Morgan fingerprint density at radius 3 is 2.41 bits per heavy atom. The van der Waals surface area contributed by atoms with Crippen molar-refractivity contribution in [3.8, 4) is 0 Å². The molecule has 3 rings (SSSR count). The van der Waals surface area contributed by atoms with E-state index in [-0.39, 0.29) is 17.2 Å². The lowest BCUT2D eigenvalue weighted by Gasteiger charge is -2.10. The maximum Gasteiger partial charge on any atom is 0.261 e. The van der Waals surface area contributed by atoms with Crippen molar-refractivity contribution < 1.29 is 13.2 Å². The predicted molar refractivity (Wildman–Crippen MR) is 85.5 cm³/mol. The number of nitrogens with one attached hydrogen (secondary N) is 2. The van der Waals surface area contributed by atoms with E-state index in [2.05, 4.69) is 10.0 Å². The van der Waals surface area contributed by atoms with Crippen LogP contribution in [0, 0.1) is 13.8 Å². The fourth-order valence-electron chi connectivity index (χ4n) is 2.62. The van der Waals surface area contributed by atoms with E-state index in [9.17, 15) is 13.2 Å². The van der Waals surface area contributed by atoms with Gasteiger partial charge < -0.3 is 5.32 Å². The molecule has 5 nitrogen and oxygen atoms in total. The van der Waals surface area contributed by atoms with Crippen LogP contribution in [0.4, 0.5) is 11.4 Å². The number of anilines is 2. The summed E-state index contributed by atoms with van der Waals surface area (Å²) in [4.78, 5) is 11.5. The number of sulfonamides is 1. The largest absolute Gasteiger partial charge is 0.326 e. The molecule has 0 saturated carbocycles. The number of hydrogen-bond donors (Lipinski definition) is 2. The maximum absolute atomic E-state index is 12.5. The van der Waals surface area contributed by atoms with Crippen LogP contribution in [-0.4, -0.2) is 14.3 Å². The molecule has 22 heavy (non-hydrogen) atoms. The fraction of sp³-hybridized carbons (Fsp3) is 0.188. The number of carbonyl (C=O) groups is 1. The zero-order valence-corrected chi connectivity index (χ0v) is 13.1. The van der Waals surface area contributed by atoms with Gasteiger partial charge in [-0.2, -0.15) is 0 Å². The first-order valence-corrected chi connectivity index (χ1v) is 8.36. The third-order valence-electron chi connectivity index (χ3n) is 3.49. The predicted octanol–water partition coefficient (Wildman–Crippen LogP) is 2.60. The zero-order valence-electron chi connectivity index (χ0n) is 12.3. The van der Waals surface area contributed by atoms with Gasteiger partial charge in [-0.25, -0.2) is 8.42 Å². The van der Waals surface area contributed by atoms with Crippen LogP contribution >= 0.6 is 0 Å². The molecule has 1 aliphatic rings. The quantitative estimate of drug-likeness (QED) is 0.914. The van der Waals surface area contributed by atoms with Gasteiger partial charge in [0.25, 0.3) is 10.0 Å². The van der Waals surface area contributed by atoms with Crippen molar-refractivity contribution in [2.45, 2.75) is 25.2 Å². The van der Waals surface area contributed by atoms with E-state index in [1.165, 1.54) is 12.1 Å². The van der Waals surface area contributed by atoms with Gasteiger partial charge in [-0.3, -0.25) is 9.52 Å². The molecule has 0 saturated heterocycles. The fourth-order valence-corrected chi connectivity index (χ4v) is 3.71. The van der Waals surface area contributed by atoms with E-state index in [4.69, 9.17) is 0 Å². The lowest BCUT2D eigenvalue weighted by atomic mass is 10.1. The van der Waals surface area contributed by atoms with E-state index in [0.29, 0.717) is 16.9 Å². The van der Waals surface area contributed by atoms with Crippen molar-refractivity contribution in [1.82, 2.24) is 0 Å². The van der Waals surface area contributed by atoms with Gasteiger partial charge in [-0.05, 0) is 60.9 Å². The zero-order chi connectivity index (χ0) is 15.9. The molecule has 0 spiro atoms. The minimum absolute atomic E-state index is 0.119. The highest BCUT2D eigenvalue weighted by Gasteiger charge is 2.22. The van der Waals surface area contributed by atoms with Crippen molar-refractivity contribution in [1.29, 1.82) is 0 Å². The van der Waals surface area contributed by atoms with Crippen molar-refractivity contribution in [2.75, 3.05) is 10.0 Å². The summed E-state index contributed by atoms with van der Waals surface area (Å²) >= 11 is 0. The standard InChI is InChI=1S/C16H16N2O3S/c1-10-5-11(2)7-13(6-10)18-22(20,21)14-3-4-15-12(8-14)9-16(19)17-15/h3-8,18H,9H2,1-2H3,(H,17,19). The van der Waals surface area contributed by atoms with Gasteiger partial charge in [-0.1, -0.05) is 6.07 Å². The average Bonchev–Trinajstić information content (AvgIpc) is 2.75. The summed E-state index contributed by atoms with van der Waals surface area (Å²) in [5, 5.41) is 2.69. The maximum atomic E-state index is 12.5. The summed E-state index contributed by atoms with van der Waals surface area (Å²) < 4.78 is 27.6. The molecule has 114 valence electrons. The molecule has 6 heteroatoms. The Morgan fingerprint density at radius 1 is 1.05 bits per heavy atom. The molecule has 2 N–H and O–H groups in total. The molecule has 1 amide bonds. The van der Waals surface area contributed by atoms with Gasteiger partial charge in [0, 0.05) is 11.4 Å². The van der Waals surface area contributed by atoms with Gasteiger partial charge in [0.1, 0.15) is 0 Å². The summed E-state index contributed by atoms with van der Waals surface area (Å²) in [6.07, 6.45) is 0.211. The first kappa shape index (κ1) is 14.6. The first-order chi connectivity index (χ1) is 10.3. The molecule has 0 aromatic heterocycles. The van der Waals surface area contributed by atoms with Crippen LogP contribution in [0.25, 0.3) is 0 Å². The Morgan fingerprint density at radius 2 is 1.73 bits per heavy atom. The second-order valence-corrected chi connectivity index (χ2v) is 7.21. The monoisotopic (exact) mass is 316 g/mol. The van der Waals surface area contributed by atoms with E-state index < -0.39 is 10.0 Å². The molecule has 0 atom stereocenters. The van der Waals surface area contributed by atoms with E-state index in [0.717, 1.165) is 11.1 Å². The molecule has 2 aromatic carbocycles. The van der Waals surface area contributed by atoms with Gasteiger partial charge in [-0.15, -0.1) is 0 Å². The molecular weight excluding hydrogens is 300 g/mol. The minimum Gasteiger partial charge on any atom is -0.326 e. The Balaban J connectivity index is 1.93. The SMILES string of the molecule is Cc1cc(C)cc(NS(=O)(=O)c2ccc3c(c2)CC(=O)N3)c1. The Kier molecular flexibility index (Phi) is 3.41. The van der Waals surface area contributed by atoms with Gasteiger partial charge in [0.2, 0.25) is 5.91 Å². The summed E-state index contributed by atoms with van der Waals surface area (Å²) in [6.45, 7) is 3.83. The van der Waals surface area contributed by atoms with Gasteiger partial charge in [0.05, 0.1) is 11.3 Å². The van der Waals surface area contributed by atoms with Gasteiger partial charge in [0.15, 0.2) is 0 Å². The molecule has 1 aliphatic heterocycles. The molecular formula is C16H16N2O3S. The number of rotatable bonds is 3. The first-order valence-electron chi connectivity index (χ1n) is 6.87. The lowest BCUT2D eigenvalue weighted by molar-refractivity contribution is -0.115. The van der Waals surface area contributed by atoms with Crippen molar-refractivity contribution in [2.24, 2.45) is 0 Å². The van der Waals surface area contributed by atoms with Gasteiger partial charge >= 0.3 is 0 Å². The van der Waals surface area contributed by atoms with Crippen molar-refractivity contribution in [3.63, 3.8) is 0 Å². The van der Waals surface area contributed by atoms with Crippen LogP contribution in [0.2, 0.25) is 0 Å². The third kappa shape index (κ3) is 2.82. The number of fused-ring (bicyclic) bond motifs is 1. The number of carbonyl (C=O) groups excluding carboxylic acids is 1. The molecule has 1 heterocycles. The molecule has 0 bridgehead atoms. The average molecular weight is 316 g/mol. The third-order valence-corrected chi connectivity index (χ3v) is 4.86. The highest BCUT2D eigenvalue weighted by Crippen LogP contribution is 2.27. The number of hydrogen-bond acceptors (Lipinski definition) is 3. The summed E-state index contributed by atoms with van der Waals surface area (Å²) in [7, 11) is -3.67. The number of benzene rings is 2. The number of amides is 1. The van der Waals surface area contributed by atoms with E-state index in [1.54, 1.807) is 18.2 Å². The summed E-state index contributed by atoms with van der Waals surface area (Å²) in [5.74, 6) is -0.119. The van der Waals surface area contributed by atoms with Crippen molar-refractivity contribution in [3.05, 3.63) is 53.1 Å². The molecule has 2 aromatic rings. The Labute approximate surface area is 129 Å². The molecule has 0 radical (unpaired) electrons. The normalized spacial score (nSPS) is 13.6. The van der Waals surface area contributed by atoms with Crippen molar-refractivity contribution >= 4 is 27.3 Å². The van der Waals surface area contributed by atoms with E-state index >= 15 is 0 Å². The van der Waals surface area contributed by atoms with E-state index in [1.807, 2.05) is 19.9 Å². The minimum atomic E-state index is -3.67. The summed E-state index contributed by atoms with van der Waals surface area (Å²) in [6, 6.07) is 10.2. The molecule has 0 unspecified atom stereocenters. The second-order valence-electron chi connectivity index (χ2n) is 5.53.